The van der Waals surface area contributed by atoms with Crippen molar-refractivity contribution in [2.24, 2.45) is 10.9 Å². The molecule has 0 aliphatic carbocycles. The minimum atomic E-state index is 0. The van der Waals surface area contributed by atoms with Gasteiger partial charge in [0, 0.05) is 32.2 Å². The summed E-state index contributed by atoms with van der Waals surface area (Å²) in [4.78, 5) is 6.35. The minimum Gasteiger partial charge on any atom is -0.492 e. The number of benzene rings is 1. The van der Waals surface area contributed by atoms with E-state index in [0.29, 0.717) is 19.1 Å². The molecule has 0 heterocycles. The molecule has 1 aromatic rings. The molecular formula is C17H31IN4O. The van der Waals surface area contributed by atoms with Crippen molar-refractivity contribution in [2.45, 2.75) is 20.4 Å². The van der Waals surface area contributed by atoms with Crippen LogP contribution in [0.25, 0.3) is 0 Å². The summed E-state index contributed by atoms with van der Waals surface area (Å²) in [6.45, 7) is 7.53. The van der Waals surface area contributed by atoms with Gasteiger partial charge in [0.1, 0.15) is 12.4 Å². The number of nitrogens with zero attached hydrogens (tertiary/aromatic N) is 2. The highest BCUT2D eigenvalue weighted by atomic mass is 127. The number of hydrogen-bond donors (Lipinski definition) is 2. The smallest absolute Gasteiger partial charge is 0.191 e. The lowest BCUT2D eigenvalue weighted by molar-refractivity contribution is 0.259. The van der Waals surface area contributed by atoms with Crippen LogP contribution in [0.1, 0.15) is 19.4 Å². The standard InChI is InChI=1S/C17H30N4O.HI/c1-14(2)12-19-17(18-3)20-13-15-8-6-7-9-16(15)22-11-10-21(4)5;/h6-9,14H,10-13H2,1-5H3,(H2,18,19,20);1H. The Labute approximate surface area is 157 Å². The molecule has 5 nitrogen and oxygen atoms in total. The lowest BCUT2D eigenvalue weighted by atomic mass is 10.2. The van der Waals surface area contributed by atoms with Gasteiger partial charge < -0.3 is 20.3 Å². The predicted octanol–water partition coefficient (Wildman–Crippen LogP) is 2.57. The monoisotopic (exact) mass is 434 g/mol. The zero-order chi connectivity index (χ0) is 16.4. The first kappa shape index (κ1) is 22.0. The molecule has 0 saturated heterocycles. The average Bonchev–Trinajstić information content (AvgIpc) is 2.48. The number of hydrogen-bond acceptors (Lipinski definition) is 3. The van der Waals surface area contributed by atoms with Gasteiger partial charge in [0.2, 0.25) is 0 Å². The van der Waals surface area contributed by atoms with E-state index >= 15 is 0 Å². The van der Waals surface area contributed by atoms with Crippen LogP contribution in [0.15, 0.2) is 29.3 Å². The van der Waals surface area contributed by atoms with Gasteiger partial charge in [0.05, 0.1) is 0 Å². The fourth-order valence-electron chi connectivity index (χ4n) is 1.83. The molecule has 0 bridgehead atoms. The van der Waals surface area contributed by atoms with Crippen LogP contribution >= 0.6 is 24.0 Å². The highest BCUT2D eigenvalue weighted by molar-refractivity contribution is 14.0. The van der Waals surface area contributed by atoms with Crippen LogP contribution < -0.4 is 15.4 Å². The first-order valence-electron chi connectivity index (χ1n) is 7.83. The summed E-state index contributed by atoms with van der Waals surface area (Å²) >= 11 is 0. The quantitative estimate of drug-likeness (QED) is 0.375. The molecule has 0 spiro atoms. The van der Waals surface area contributed by atoms with Crippen molar-refractivity contribution in [1.29, 1.82) is 0 Å². The molecule has 6 heteroatoms. The number of rotatable bonds is 8. The molecule has 0 aliphatic heterocycles. The van der Waals surface area contributed by atoms with Gasteiger partial charge in [-0.05, 0) is 26.1 Å². The van der Waals surface area contributed by atoms with Crippen LogP contribution in [0.4, 0.5) is 0 Å². The molecule has 0 fully saturated rings. The zero-order valence-electron chi connectivity index (χ0n) is 14.9. The van der Waals surface area contributed by atoms with Gasteiger partial charge in [-0.3, -0.25) is 4.99 Å². The van der Waals surface area contributed by atoms with E-state index in [2.05, 4.69) is 40.4 Å². The summed E-state index contributed by atoms with van der Waals surface area (Å²) in [5, 5.41) is 6.64. The second kappa shape index (κ2) is 12.4. The van der Waals surface area contributed by atoms with Crippen molar-refractivity contribution in [2.75, 3.05) is 40.8 Å². The molecule has 0 atom stereocenters. The summed E-state index contributed by atoms with van der Waals surface area (Å²) < 4.78 is 5.87. The summed E-state index contributed by atoms with van der Waals surface area (Å²) in [6.07, 6.45) is 0. The Morgan fingerprint density at radius 3 is 2.52 bits per heavy atom. The third-order valence-electron chi connectivity index (χ3n) is 3.12. The van der Waals surface area contributed by atoms with E-state index in [1.807, 2.05) is 32.3 Å². The Kier molecular flexibility index (Phi) is 11.9. The van der Waals surface area contributed by atoms with Crippen LogP contribution in [0.5, 0.6) is 5.75 Å². The number of ether oxygens (including phenoxy) is 1. The second-order valence-corrected chi connectivity index (χ2v) is 5.96. The largest absolute Gasteiger partial charge is 0.492 e. The maximum absolute atomic E-state index is 5.87. The number of guanidine groups is 1. The van der Waals surface area contributed by atoms with E-state index in [0.717, 1.165) is 30.4 Å². The lowest BCUT2D eigenvalue weighted by Crippen LogP contribution is -2.38. The van der Waals surface area contributed by atoms with Crippen molar-refractivity contribution in [3.63, 3.8) is 0 Å². The zero-order valence-corrected chi connectivity index (χ0v) is 17.3. The van der Waals surface area contributed by atoms with E-state index in [4.69, 9.17) is 4.74 Å². The van der Waals surface area contributed by atoms with Crippen molar-refractivity contribution < 1.29 is 4.74 Å². The highest BCUT2D eigenvalue weighted by Gasteiger charge is 2.05. The van der Waals surface area contributed by atoms with Crippen LogP contribution in [-0.2, 0) is 6.54 Å². The minimum absolute atomic E-state index is 0. The molecule has 1 aromatic carbocycles. The Morgan fingerprint density at radius 1 is 1.22 bits per heavy atom. The summed E-state index contributed by atoms with van der Waals surface area (Å²) in [5.41, 5.74) is 1.13. The maximum atomic E-state index is 5.87. The lowest BCUT2D eigenvalue weighted by Gasteiger charge is -2.16. The van der Waals surface area contributed by atoms with Crippen molar-refractivity contribution in [3.05, 3.63) is 29.8 Å². The Balaban J connectivity index is 0.00000484. The Bertz CT molecular complexity index is 464. The van der Waals surface area contributed by atoms with E-state index in [1.54, 1.807) is 7.05 Å². The first-order chi connectivity index (χ1) is 10.5. The van der Waals surface area contributed by atoms with Crippen molar-refractivity contribution in [3.8, 4) is 5.75 Å². The second-order valence-electron chi connectivity index (χ2n) is 5.96. The summed E-state index contributed by atoms with van der Waals surface area (Å²) in [5.74, 6) is 2.33. The molecule has 23 heavy (non-hydrogen) atoms. The van der Waals surface area contributed by atoms with Gasteiger partial charge in [-0.1, -0.05) is 32.0 Å². The molecule has 2 N–H and O–H groups in total. The Morgan fingerprint density at radius 2 is 1.91 bits per heavy atom. The van der Waals surface area contributed by atoms with Crippen LogP contribution in [0.2, 0.25) is 0 Å². The molecule has 0 unspecified atom stereocenters. The fourth-order valence-corrected chi connectivity index (χ4v) is 1.83. The van der Waals surface area contributed by atoms with Crippen LogP contribution in [0.3, 0.4) is 0 Å². The number of likely N-dealkylation sites (N-methyl/N-ethyl adjacent to an activating group) is 1. The number of halogens is 1. The van der Waals surface area contributed by atoms with Gasteiger partial charge in [-0.25, -0.2) is 0 Å². The molecule has 0 saturated carbocycles. The third kappa shape index (κ3) is 9.65. The SMILES string of the molecule is CN=C(NCc1ccccc1OCCN(C)C)NCC(C)C.I. The molecule has 0 radical (unpaired) electrons. The van der Waals surface area contributed by atoms with Gasteiger partial charge in [-0.2, -0.15) is 0 Å². The van der Waals surface area contributed by atoms with Crippen molar-refractivity contribution >= 4 is 29.9 Å². The first-order valence-corrected chi connectivity index (χ1v) is 7.83. The topological polar surface area (TPSA) is 48.9 Å². The molecule has 0 aromatic heterocycles. The van der Waals surface area contributed by atoms with Crippen LogP contribution in [0, 0.1) is 5.92 Å². The molecule has 1 rings (SSSR count). The summed E-state index contributed by atoms with van der Waals surface area (Å²) in [6, 6.07) is 8.12. The van der Waals surface area contributed by atoms with E-state index < -0.39 is 0 Å². The predicted molar refractivity (Wildman–Crippen MR) is 109 cm³/mol. The van der Waals surface area contributed by atoms with E-state index in [-0.39, 0.29) is 24.0 Å². The van der Waals surface area contributed by atoms with Gasteiger partial charge in [-0.15, -0.1) is 24.0 Å². The van der Waals surface area contributed by atoms with Gasteiger partial charge in [0.15, 0.2) is 5.96 Å². The molecule has 0 aliphatic rings. The Hall–Kier alpha value is -1.02. The number of aliphatic imine (C=N–C) groups is 1. The van der Waals surface area contributed by atoms with Gasteiger partial charge >= 0.3 is 0 Å². The average molecular weight is 434 g/mol. The molecule has 132 valence electrons. The highest BCUT2D eigenvalue weighted by Crippen LogP contribution is 2.17. The third-order valence-corrected chi connectivity index (χ3v) is 3.12. The fraction of sp³-hybridized carbons (Fsp3) is 0.588. The summed E-state index contributed by atoms with van der Waals surface area (Å²) in [7, 11) is 5.87. The van der Waals surface area contributed by atoms with E-state index in [1.165, 1.54) is 0 Å². The molecule has 0 amide bonds. The van der Waals surface area contributed by atoms with Crippen molar-refractivity contribution in [1.82, 2.24) is 15.5 Å². The number of para-hydroxylation sites is 1. The molecular weight excluding hydrogens is 403 g/mol. The van der Waals surface area contributed by atoms with Crippen LogP contribution in [-0.4, -0.2) is 51.7 Å². The normalized spacial score (nSPS) is 11.3. The van der Waals surface area contributed by atoms with Gasteiger partial charge in [0.25, 0.3) is 0 Å². The maximum Gasteiger partial charge on any atom is 0.191 e. The van der Waals surface area contributed by atoms with E-state index in [9.17, 15) is 0 Å². The number of nitrogens with one attached hydrogen (secondary N) is 2.